The van der Waals surface area contributed by atoms with Crippen LogP contribution in [0.1, 0.15) is 5.56 Å². The average Bonchev–Trinajstić information content (AvgIpc) is 2.45. The van der Waals surface area contributed by atoms with Crippen molar-refractivity contribution in [2.75, 3.05) is 0 Å². The van der Waals surface area contributed by atoms with E-state index in [4.69, 9.17) is 0 Å². The van der Waals surface area contributed by atoms with Crippen molar-refractivity contribution in [3.63, 3.8) is 0 Å². The molecular formula is C12H15F2SiZr. The summed E-state index contributed by atoms with van der Waals surface area (Å²) in [5, 5.41) is 2.69. The number of hydrogen-bond acceptors (Lipinski definition) is 0. The number of halogens is 2. The fourth-order valence-corrected chi connectivity index (χ4v) is 1.31. The van der Waals surface area contributed by atoms with Crippen LogP contribution in [0.5, 0.6) is 0 Å². The normalized spacial score (nSPS) is 7.69. The van der Waals surface area contributed by atoms with Crippen molar-refractivity contribution in [1.82, 2.24) is 0 Å². The molecule has 0 spiro atoms. The summed E-state index contributed by atoms with van der Waals surface area (Å²) in [6.45, 7) is 6.43. The van der Waals surface area contributed by atoms with Crippen LogP contribution in [0.4, 0.5) is 0 Å². The number of benzene rings is 1. The van der Waals surface area contributed by atoms with Gasteiger partial charge in [0.25, 0.3) is 0 Å². The Morgan fingerprint density at radius 2 is 1.56 bits per heavy atom. The molecule has 2 rings (SSSR count). The van der Waals surface area contributed by atoms with Crippen LogP contribution < -0.4 is 9.41 Å². The van der Waals surface area contributed by atoms with Crippen molar-refractivity contribution in [1.29, 1.82) is 0 Å². The minimum atomic E-state index is 0. The van der Waals surface area contributed by atoms with Crippen molar-refractivity contribution in [3.05, 3.63) is 42.0 Å². The number of hydrogen-bond donors (Lipinski definition) is 0. The van der Waals surface area contributed by atoms with Gasteiger partial charge in [0.15, 0.2) is 0 Å². The number of rotatable bonds is 0. The van der Waals surface area contributed by atoms with Gasteiger partial charge in [0.1, 0.15) is 0 Å². The van der Waals surface area contributed by atoms with Gasteiger partial charge in [-0.2, -0.15) is 6.07 Å². The van der Waals surface area contributed by atoms with E-state index in [1.165, 1.54) is 16.3 Å². The van der Waals surface area contributed by atoms with Crippen LogP contribution in [0.25, 0.3) is 10.8 Å². The molecule has 0 N–H and O–H groups in total. The SMILES string of the molecule is C[Si]C.Cc1cc2ccccc2[cH-]1.[F-].[F-].[Zr+3]. The Morgan fingerprint density at radius 3 is 2.06 bits per heavy atom. The average molecular weight is 317 g/mol. The molecule has 16 heavy (non-hydrogen) atoms. The van der Waals surface area contributed by atoms with E-state index < -0.39 is 0 Å². The molecule has 85 valence electrons. The first kappa shape index (κ1) is 21.1. The molecule has 0 aliphatic rings. The van der Waals surface area contributed by atoms with Gasteiger partial charge in [-0.05, 0) is 0 Å². The van der Waals surface area contributed by atoms with Crippen LogP contribution in [0.15, 0.2) is 36.4 Å². The van der Waals surface area contributed by atoms with Gasteiger partial charge in [-0.15, -0.1) is 40.6 Å². The molecule has 2 aromatic carbocycles. The van der Waals surface area contributed by atoms with Gasteiger partial charge in [-0.25, -0.2) is 0 Å². The number of fused-ring (bicyclic) bond motifs is 1. The van der Waals surface area contributed by atoms with Crippen LogP contribution in [0.3, 0.4) is 0 Å². The topological polar surface area (TPSA) is 0 Å². The third kappa shape index (κ3) is 6.39. The van der Waals surface area contributed by atoms with E-state index >= 15 is 0 Å². The third-order valence-corrected chi connectivity index (χ3v) is 1.76. The first-order valence-electron chi connectivity index (χ1n) is 4.48. The van der Waals surface area contributed by atoms with E-state index in [-0.39, 0.29) is 35.6 Å². The Balaban J connectivity index is -0.000000258. The predicted octanol–water partition coefficient (Wildman–Crippen LogP) is -2.34. The van der Waals surface area contributed by atoms with E-state index in [0.717, 1.165) is 9.52 Å². The summed E-state index contributed by atoms with van der Waals surface area (Å²) in [6.07, 6.45) is 0. The molecule has 0 atom stereocenters. The Hall–Kier alpha value is -0.210. The second-order valence-electron chi connectivity index (χ2n) is 3.16. The third-order valence-electron chi connectivity index (χ3n) is 1.76. The van der Waals surface area contributed by atoms with Gasteiger partial charge in [-0.3, -0.25) is 0 Å². The molecule has 0 saturated heterocycles. The quantitative estimate of drug-likeness (QED) is 0.377. The maximum absolute atomic E-state index is 2.20. The minimum Gasteiger partial charge on any atom is -1.00 e. The van der Waals surface area contributed by atoms with E-state index in [2.05, 4.69) is 56.4 Å². The van der Waals surface area contributed by atoms with E-state index in [0.29, 0.717) is 0 Å². The van der Waals surface area contributed by atoms with Crippen molar-refractivity contribution in [2.24, 2.45) is 0 Å². The summed E-state index contributed by atoms with van der Waals surface area (Å²) in [5.41, 5.74) is 1.35. The second-order valence-corrected chi connectivity index (χ2v) is 4.16. The summed E-state index contributed by atoms with van der Waals surface area (Å²) in [7, 11) is 1.08. The van der Waals surface area contributed by atoms with Crippen molar-refractivity contribution >= 4 is 20.3 Å². The predicted molar refractivity (Wildman–Crippen MR) is 61.8 cm³/mol. The molecule has 0 fully saturated rings. The summed E-state index contributed by atoms with van der Waals surface area (Å²) in [4.78, 5) is 0. The van der Waals surface area contributed by atoms with Crippen molar-refractivity contribution < 1.29 is 35.6 Å². The Morgan fingerprint density at radius 1 is 1.06 bits per heavy atom. The van der Waals surface area contributed by atoms with Gasteiger partial charge >= 0.3 is 26.2 Å². The van der Waals surface area contributed by atoms with Crippen LogP contribution in [0, 0.1) is 6.92 Å². The van der Waals surface area contributed by atoms with Gasteiger partial charge in [0.2, 0.25) is 0 Å². The molecule has 3 radical (unpaired) electrons. The van der Waals surface area contributed by atoms with Gasteiger partial charge in [0.05, 0.1) is 0 Å². The van der Waals surface area contributed by atoms with Gasteiger partial charge in [-0.1, -0.05) is 26.1 Å². The summed E-state index contributed by atoms with van der Waals surface area (Å²) in [6, 6.07) is 12.8. The first-order chi connectivity index (χ1) is 6.27. The zero-order chi connectivity index (χ0) is 9.68. The zero-order valence-electron chi connectivity index (χ0n) is 9.72. The van der Waals surface area contributed by atoms with Crippen LogP contribution in [0.2, 0.25) is 13.1 Å². The molecule has 0 aliphatic carbocycles. The maximum Gasteiger partial charge on any atom is 3.00 e. The standard InChI is InChI=1S/C10H9.C2H6Si.2FH.Zr/c1-8-6-9-4-2-3-5-10(9)7-8;1-3-2;;;/h2-7H,1H3;1-2H3;2*1H;/q-1;;;;+3/p-2. The molecule has 0 saturated carbocycles. The first-order valence-corrected chi connectivity index (χ1v) is 6.48. The largest absolute Gasteiger partial charge is 3.00 e. The fraction of sp³-hybridized carbons (Fsp3) is 0.250. The summed E-state index contributed by atoms with van der Waals surface area (Å²) < 4.78 is 0. The van der Waals surface area contributed by atoms with E-state index in [1.807, 2.05) is 0 Å². The molecular weight excluding hydrogens is 301 g/mol. The molecule has 0 aromatic heterocycles. The smallest absolute Gasteiger partial charge is 1.00 e. The number of aryl methyl sites for hydroxylation is 1. The van der Waals surface area contributed by atoms with Crippen molar-refractivity contribution in [3.8, 4) is 0 Å². The van der Waals surface area contributed by atoms with Crippen LogP contribution in [-0.4, -0.2) is 9.52 Å². The van der Waals surface area contributed by atoms with E-state index in [9.17, 15) is 0 Å². The molecule has 0 amide bonds. The van der Waals surface area contributed by atoms with Crippen LogP contribution >= 0.6 is 0 Å². The molecule has 2 aromatic rings. The summed E-state index contributed by atoms with van der Waals surface area (Å²) in [5.74, 6) is 0. The molecule has 4 heteroatoms. The van der Waals surface area contributed by atoms with Crippen molar-refractivity contribution in [2.45, 2.75) is 20.0 Å². The monoisotopic (exact) mass is 315 g/mol. The summed E-state index contributed by atoms with van der Waals surface area (Å²) >= 11 is 0. The fourth-order valence-electron chi connectivity index (χ4n) is 1.31. The Labute approximate surface area is 117 Å². The molecule has 0 aliphatic heterocycles. The Bertz CT molecular complexity index is 341. The minimum absolute atomic E-state index is 0. The van der Waals surface area contributed by atoms with Gasteiger partial charge in [0, 0.05) is 9.52 Å². The second kappa shape index (κ2) is 11.3. The zero-order valence-corrected chi connectivity index (χ0v) is 13.2. The van der Waals surface area contributed by atoms with Gasteiger partial charge < -0.3 is 9.41 Å². The molecule has 0 heterocycles. The molecule has 0 nitrogen and oxygen atoms in total. The van der Waals surface area contributed by atoms with E-state index in [1.54, 1.807) is 0 Å². The Kier molecular flexibility index (Phi) is 14.9. The molecule has 0 bridgehead atoms. The molecule has 0 unspecified atom stereocenters. The van der Waals surface area contributed by atoms with Crippen LogP contribution in [-0.2, 0) is 26.2 Å². The maximum atomic E-state index is 2.20.